The number of anilines is 2. The number of amides is 2. The molecule has 2 aliphatic heterocycles. The van der Waals surface area contributed by atoms with Gasteiger partial charge in [0.2, 0.25) is 0 Å². The lowest BCUT2D eigenvalue weighted by atomic mass is 9.86. The van der Waals surface area contributed by atoms with Crippen LogP contribution in [0, 0.1) is 12.7 Å². The molecule has 2 saturated heterocycles. The van der Waals surface area contributed by atoms with Gasteiger partial charge in [-0.3, -0.25) is 14.4 Å². The second-order valence-electron chi connectivity index (χ2n) is 9.64. The van der Waals surface area contributed by atoms with E-state index in [1.807, 2.05) is 19.2 Å². The molecule has 0 atom stereocenters. The molecule has 11 heteroatoms. The molecule has 2 fully saturated rings. The molecule has 0 aliphatic carbocycles. The molecule has 186 valence electrons. The second-order valence-corrected chi connectivity index (χ2v) is 9.64. The molecular weight excluding hydrogens is 465 g/mol. The topological polar surface area (TPSA) is 108 Å². The van der Waals surface area contributed by atoms with Gasteiger partial charge in [0.15, 0.2) is 11.5 Å². The van der Waals surface area contributed by atoms with E-state index in [9.17, 15) is 19.1 Å². The average Bonchev–Trinajstić information content (AvgIpc) is 3.53. The molecular formula is C25H26FN7O3. The molecule has 2 amide bonds. The average molecular weight is 492 g/mol. The Bertz CT molecular complexity index is 1540. The zero-order valence-corrected chi connectivity index (χ0v) is 20.0. The fraction of sp³-hybridized carbons (Fsp3) is 0.360. The maximum atomic E-state index is 14.5. The van der Waals surface area contributed by atoms with Gasteiger partial charge in [0.05, 0.1) is 22.5 Å². The zero-order valence-electron chi connectivity index (χ0n) is 20.0. The van der Waals surface area contributed by atoms with Crippen molar-refractivity contribution in [3.63, 3.8) is 0 Å². The van der Waals surface area contributed by atoms with Gasteiger partial charge in [0.1, 0.15) is 5.52 Å². The molecule has 36 heavy (non-hydrogen) atoms. The standard InChI is InChI=1S/C25H26FN7O3/c1-3-32-12-18-20(31-13-25(14-31)7-4-8-33(25)24(35)36)6-5-17(21(18)29-32)23(34)28-16-9-19(26)22-27-15(2)10-30(22)11-16/h5-6,9-12H,3-4,7-8,13-14H2,1-2H3,(H,28,34)(H,35,36). The van der Waals surface area contributed by atoms with E-state index in [0.717, 1.165) is 23.9 Å². The van der Waals surface area contributed by atoms with E-state index >= 15 is 0 Å². The number of benzene rings is 1. The lowest BCUT2D eigenvalue weighted by Crippen LogP contribution is -2.69. The van der Waals surface area contributed by atoms with Crippen LogP contribution in [0.4, 0.5) is 20.6 Å². The maximum Gasteiger partial charge on any atom is 0.407 e. The highest BCUT2D eigenvalue weighted by Crippen LogP contribution is 2.42. The maximum absolute atomic E-state index is 14.5. The summed E-state index contributed by atoms with van der Waals surface area (Å²) in [5.41, 5.74) is 2.70. The lowest BCUT2D eigenvalue weighted by Gasteiger charge is -2.53. The number of nitrogens with one attached hydrogen (secondary N) is 1. The summed E-state index contributed by atoms with van der Waals surface area (Å²) in [6.07, 6.45) is 6.08. The van der Waals surface area contributed by atoms with Crippen molar-refractivity contribution in [2.75, 3.05) is 29.9 Å². The normalized spacial score (nSPS) is 16.8. The first-order valence-electron chi connectivity index (χ1n) is 12.0. The number of aryl methyl sites for hydroxylation is 2. The lowest BCUT2D eigenvalue weighted by molar-refractivity contribution is 0.0850. The molecule has 1 spiro atoms. The number of pyridine rings is 1. The van der Waals surface area contributed by atoms with Gasteiger partial charge in [0, 0.05) is 61.9 Å². The van der Waals surface area contributed by atoms with Gasteiger partial charge >= 0.3 is 6.09 Å². The Labute approximate surface area is 205 Å². The molecule has 2 aliphatic rings. The Kier molecular flexibility index (Phi) is 4.92. The fourth-order valence-corrected chi connectivity index (χ4v) is 5.61. The van der Waals surface area contributed by atoms with Crippen LogP contribution >= 0.6 is 0 Å². The summed E-state index contributed by atoms with van der Waals surface area (Å²) in [7, 11) is 0. The summed E-state index contributed by atoms with van der Waals surface area (Å²) in [5.74, 6) is -0.915. The van der Waals surface area contributed by atoms with Crippen molar-refractivity contribution in [1.82, 2.24) is 24.1 Å². The summed E-state index contributed by atoms with van der Waals surface area (Å²) >= 11 is 0. The fourth-order valence-electron chi connectivity index (χ4n) is 5.61. The summed E-state index contributed by atoms with van der Waals surface area (Å²) in [4.78, 5) is 32.8. The van der Waals surface area contributed by atoms with E-state index in [1.165, 1.54) is 6.07 Å². The molecule has 0 radical (unpaired) electrons. The second kappa shape index (κ2) is 7.94. The van der Waals surface area contributed by atoms with Gasteiger partial charge in [-0.05, 0) is 38.8 Å². The van der Waals surface area contributed by atoms with E-state index in [-0.39, 0.29) is 11.2 Å². The van der Waals surface area contributed by atoms with Crippen molar-refractivity contribution in [3.05, 3.63) is 53.9 Å². The van der Waals surface area contributed by atoms with Crippen molar-refractivity contribution >= 4 is 39.9 Å². The highest BCUT2D eigenvalue weighted by atomic mass is 19.1. The zero-order chi connectivity index (χ0) is 25.2. The monoisotopic (exact) mass is 491 g/mol. The largest absolute Gasteiger partial charge is 0.465 e. The van der Waals surface area contributed by atoms with E-state index in [4.69, 9.17) is 0 Å². The SMILES string of the molecule is CCn1cc2c(N3CC4(CCCN4C(=O)O)C3)ccc(C(=O)Nc3cc(F)c4nc(C)cn4c3)c2n1. The Hall–Kier alpha value is -4.15. The van der Waals surface area contributed by atoms with Crippen LogP contribution in [0.5, 0.6) is 0 Å². The minimum atomic E-state index is -0.872. The predicted molar refractivity (Wildman–Crippen MR) is 132 cm³/mol. The van der Waals surface area contributed by atoms with Crippen molar-refractivity contribution in [1.29, 1.82) is 0 Å². The number of aromatic nitrogens is 4. The van der Waals surface area contributed by atoms with Crippen molar-refractivity contribution in [2.45, 2.75) is 38.8 Å². The van der Waals surface area contributed by atoms with Crippen molar-refractivity contribution in [3.8, 4) is 0 Å². The third kappa shape index (κ3) is 3.37. The quantitative estimate of drug-likeness (QED) is 0.450. The Morgan fingerprint density at radius 1 is 1.22 bits per heavy atom. The number of carboxylic acid groups (broad SMARTS) is 1. The molecule has 0 unspecified atom stereocenters. The van der Waals surface area contributed by atoms with Crippen LogP contribution in [0.3, 0.4) is 0 Å². The van der Waals surface area contributed by atoms with Gasteiger partial charge in [-0.25, -0.2) is 14.2 Å². The van der Waals surface area contributed by atoms with Crippen molar-refractivity contribution in [2.24, 2.45) is 0 Å². The number of hydrogen-bond acceptors (Lipinski definition) is 5. The molecule has 10 nitrogen and oxygen atoms in total. The van der Waals surface area contributed by atoms with Crippen LogP contribution in [0.25, 0.3) is 16.6 Å². The van der Waals surface area contributed by atoms with Gasteiger partial charge in [0.25, 0.3) is 5.91 Å². The van der Waals surface area contributed by atoms with Gasteiger partial charge in [-0.15, -0.1) is 0 Å². The first kappa shape index (κ1) is 22.3. The van der Waals surface area contributed by atoms with Crippen LogP contribution in [0.15, 0.2) is 36.8 Å². The Morgan fingerprint density at radius 3 is 2.78 bits per heavy atom. The smallest absolute Gasteiger partial charge is 0.407 e. The number of hydrogen-bond donors (Lipinski definition) is 2. The number of halogens is 1. The minimum absolute atomic E-state index is 0.204. The number of fused-ring (bicyclic) bond motifs is 2. The van der Waals surface area contributed by atoms with Crippen molar-refractivity contribution < 1.29 is 19.1 Å². The Balaban J connectivity index is 1.31. The molecule has 0 saturated carbocycles. The van der Waals surface area contributed by atoms with Crippen LogP contribution in [-0.2, 0) is 6.54 Å². The summed E-state index contributed by atoms with van der Waals surface area (Å²) < 4.78 is 17.8. The van der Waals surface area contributed by atoms with Crippen LogP contribution in [0.2, 0.25) is 0 Å². The molecule has 0 bridgehead atoms. The van der Waals surface area contributed by atoms with Gasteiger partial charge < -0.3 is 19.7 Å². The first-order valence-corrected chi connectivity index (χ1v) is 12.0. The molecule has 3 aromatic heterocycles. The summed E-state index contributed by atoms with van der Waals surface area (Å²) in [6.45, 7) is 6.17. The third-order valence-corrected chi connectivity index (χ3v) is 7.29. The number of carbonyl (C=O) groups excluding carboxylic acids is 1. The van der Waals surface area contributed by atoms with Crippen LogP contribution < -0.4 is 10.2 Å². The molecule has 5 heterocycles. The van der Waals surface area contributed by atoms with Crippen LogP contribution in [-0.4, -0.2) is 66.3 Å². The van der Waals surface area contributed by atoms with E-state index in [0.29, 0.717) is 48.6 Å². The summed E-state index contributed by atoms with van der Waals surface area (Å²) in [5, 5.41) is 17.8. The molecule has 6 rings (SSSR count). The Morgan fingerprint density at radius 2 is 2.03 bits per heavy atom. The number of imidazole rings is 1. The van der Waals surface area contributed by atoms with Crippen LogP contribution in [0.1, 0.15) is 35.8 Å². The number of rotatable bonds is 4. The van der Waals surface area contributed by atoms with E-state index in [2.05, 4.69) is 20.3 Å². The third-order valence-electron chi connectivity index (χ3n) is 7.29. The highest BCUT2D eigenvalue weighted by Gasteiger charge is 2.52. The summed E-state index contributed by atoms with van der Waals surface area (Å²) in [6, 6.07) is 4.87. The number of carbonyl (C=O) groups is 2. The molecule has 4 aromatic rings. The first-order chi connectivity index (χ1) is 17.3. The van der Waals surface area contributed by atoms with Gasteiger partial charge in [-0.1, -0.05) is 0 Å². The van der Waals surface area contributed by atoms with E-state index < -0.39 is 17.8 Å². The molecule has 1 aromatic carbocycles. The van der Waals surface area contributed by atoms with Gasteiger partial charge in [-0.2, -0.15) is 5.10 Å². The number of nitrogens with zero attached hydrogens (tertiary/aromatic N) is 6. The minimum Gasteiger partial charge on any atom is -0.465 e. The molecule has 2 N–H and O–H groups in total. The predicted octanol–water partition coefficient (Wildman–Crippen LogP) is 3.74. The highest BCUT2D eigenvalue weighted by molar-refractivity contribution is 6.14. The number of likely N-dealkylation sites (tertiary alicyclic amines) is 1. The van der Waals surface area contributed by atoms with E-state index in [1.54, 1.807) is 39.4 Å².